The number of hydrogen-bond acceptors (Lipinski definition) is 4. The highest BCUT2D eigenvalue weighted by Crippen LogP contribution is 2.36. The van der Waals surface area contributed by atoms with E-state index in [0.717, 1.165) is 18.5 Å². The molecule has 0 bridgehead atoms. The van der Waals surface area contributed by atoms with Gasteiger partial charge in [-0.3, -0.25) is 16.3 Å². The number of nitrogens with one attached hydrogen (secondary N) is 1. The van der Waals surface area contributed by atoms with E-state index in [0.29, 0.717) is 5.92 Å². The van der Waals surface area contributed by atoms with Gasteiger partial charge in [-0.1, -0.05) is 13.0 Å². The molecule has 2 rings (SSSR count). The molecule has 2 unspecified atom stereocenters. The molecule has 100 valence electrons. The standard InChI is InChI=1S/C14H23N3O/c1-3-10-4-7-12(16-9-10)8-13(17-15)14(18-2)11-5-6-11/h4,7,9,11,13-14,17H,3,5-6,8,15H2,1-2H3. The monoisotopic (exact) mass is 249 g/mol. The van der Waals surface area contributed by atoms with Gasteiger partial charge in [0, 0.05) is 25.4 Å². The summed E-state index contributed by atoms with van der Waals surface area (Å²) in [6.45, 7) is 2.13. The molecule has 1 aliphatic carbocycles. The van der Waals surface area contributed by atoms with Crippen molar-refractivity contribution in [2.45, 2.75) is 44.8 Å². The van der Waals surface area contributed by atoms with Crippen LogP contribution in [-0.4, -0.2) is 24.2 Å². The lowest BCUT2D eigenvalue weighted by Gasteiger charge is -2.25. The van der Waals surface area contributed by atoms with Crippen molar-refractivity contribution in [1.82, 2.24) is 10.4 Å². The topological polar surface area (TPSA) is 60.2 Å². The average molecular weight is 249 g/mol. The van der Waals surface area contributed by atoms with Gasteiger partial charge in [-0.05, 0) is 36.8 Å². The average Bonchev–Trinajstić information content (AvgIpc) is 3.24. The minimum atomic E-state index is 0.141. The highest BCUT2D eigenvalue weighted by atomic mass is 16.5. The van der Waals surface area contributed by atoms with Crippen molar-refractivity contribution in [2.24, 2.45) is 11.8 Å². The summed E-state index contributed by atoms with van der Waals surface area (Å²) in [6, 6.07) is 4.36. The third-order valence-corrected chi connectivity index (χ3v) is 3.69. The van der Waals surface area contributed by atoms with E-state index >= 15 is 0 Å². The fourth-order valence-electron chi connectivity index (χ4n) is 2.39. The highest BCUT2D eigenvalue weighted by molar-refractivity contribution is 5.15. The fraction of sp³-hybridized carbons (Fsp3) is 0.643. The summed E-state index contributed by atoms with van der Waals surface area (Å²) in [5, 5.41) is 0. The van der Waals surface area contributed by atoms with Gasteiger partial charge in [-0.15, -0.1) is 0 Å². The van der Waals surface area contributed by atoms with Crippen LogP contribution >= 0.6 is 0 Å². The zero-order valence-electron chi connectivity index (χ0n) is 11.2. The first kappa shape index (κ1) is 13.5. The molecule has 2 atom stereocenters. The Morgan fingerprint density at radius 3 is 2.72 bits per heavy atom. The molecule has 3 N–H and O–H groups in total. The third-order valence-electron chi connectivity index (χ3n) is 3.69. The third kappa shape index (κ3) is 3.28. The van der Waals surface area contributed by atoms with Crippen molar-refractivity contribution in [3.8, 4) is 0 Å². The predicted molar refractivity (Wildman–Crippen MR) is 72.0 cm³/mol. The predicted octanol–water partition coefficient (Wildman–Crippen LogP) is 1.44. The molecule has 4 nitrogen and oxygen atoms in total. The van der Waals surface area contributed by atoms with Crippen molar-refractivity contribution < 1.29 is 4.74 Å². The lowest BCUT2D eigenvalue weighted by atomic mass is 10.0. The second-order valence-electron chi connectivity index (χ2n) is 5.03. The molecule has 0 spiro atoms. The molecule has 1 aromatic rings. The Balaban J connectivity index is 1.99. The molecule has 0 aromatic carbocycles. The van der Waals surface area contributed by atoms with E-state index in [1.54, 1.807) is 7.11 Å². The van der Waals surface area contributed by atoms with Gasteiger partial charge in [0.2, 0.25) is 0 Å². The van der Waals surface area contributed by atoms with Gasteiger partial charge >= 0.3 is 0 Å². The second kappa shape index (κ2) is 6.27. The molecule has 4 heteroatoms. The van der Waals surface area contributed by atoms with Gasteiger partial charge in [0.1, 0.15) is 0 Å². The van der Waals surface area contributed by atoms with Crippen LogP contribution in [0.1, 0.15) is 31.0 Å². The van der Waals surface area contributed by atoms with Gasteiger partial charge in [-0.25, -0.2) is 0 Å². The fourth-order valence-corrected chi connectivity index (χ4v) is 2.39. The Morgan fingerprint density at radius 2 is 2.28 bits per heavy atom. The summed E-state index contributed by atoms with van der Waals surface area (Å²) in [5.74, 6) is 6.32. The van der Waals surface area contributed by atoms with Crippen molar-refractivity contribution >= 4 is 0 Å². The van der Waals surface area contributed by atoms with E-state index in [1.165, 1.54) is 18.4 Å². The first-order valence-corrected chi connectivity index (χ1v) is 6.71. The minimum absolute atomic E-state index is 0.141. The zero-order valence-corrected chi connectivity index (χ0v) is 11.2. The molecular formula is C14H23N3O. The Hall–Kier alpha value is -0.970. The molecule has 0 aliphatic heterocycles. The Labute approximate surface area is 109 Å². The number of nitrogens with two attached hydrogens (primary N) is 1. The molecular weight excluding hydrogens is 226 g/mol. The zero-order chi connectivity index (χ0) is 13.0. The number of hydrogen-bond donors (Lipinski definition) is 2. The van der Waals surface area contributed by atoms with E-state index < -0.39 is 0 Å². The number of methoxy groups -OCH3 is 1. The summed E-state index contributed by atoms with van der Waals surface area (Å²) in [5.41, 5.74) is 5.22. The van der Waals surface area contributed by atoms with Gasteiger partial charge in [0.25, 0.3) is 0 Å². The van der Waals surface area contributed by atoms with E-state index in [-0.39, 0.29) is 12.1 Å². The Kier molecular flexibility index (Phi) is 4.69. The lowest BCUT2D eigenvalue weighted by molar-refractivity contribution is 0.0508. The van der Waals surface area contributed by atoms with Crippen LogP contribution in [0, 0.1) is 5.92 Å². The van der Waals surface area contributed by atoms with E-state index in [2.05, 4.69) is 29.5 Å². The van der Waals surface area contributed by atoms with Crippen molar-refractivity contribution in [1.29, 1.82) is 0 Å². The molecule has 1 aromatic heterocycles. The van der Waals surface area contributed by atoms with E-state index in [1.807, 2.05) is 6.20 Å². The minimum Gasteiger partial charge on any atom is -0.379 e. The number of pyridine rings is 1. The van der Waals surface area contributed by atoms with Crippen LogP contribution < -0.4 is 11.3 Å². The molecule has 0 radical (unpaired) electrons. The van der Waals surface area contributed by atoms with Crippen molar-refractivity contribution in [2.75, 3.05) is 7.11 Å². The van der Waals surface area contributed by atoms with Crippen LogP contribution in [0.15, 0.2) is 18.3 Å². The number of aryl methyl sites for hydroxylation is 1. The van der Waals surface area contributed by atoms with Crippen LogP contribution in [0.25, 0.3) is 0 Å². The van der Waals surface area contributed by atoms with E-state index in [9.17, 15) is 0 Å². The SMILES string of the molecule is CCc1ccc(CC(NN)C(OC)C2CC2)nc1. The first-order valence-electron chi connectivity index (χ1n) is 6.71. The molecule has 1 fully saturated rings. The molecule has 1 aliphatic rings. The molecule has 0 amide bonds. The van der Waals surface area contributed by atoms with Gasteiger partial charge in [0.15, 0.2) is 0 Å². The number of rotatable bonds is 7. The van der Waals surface area contributed by atoms with Gasteiger partial charge in [-0.2, -0.15) is 0 Å². The van der Waals surface area contributed by atoms with Crippen molar-refractivity contribution in [3.05, 3.63) is 29.6 Å². The largest absolute Gasteiger partial charge is 0.379 e. The van der Waals surface area contributed by atoms with Gasteiger partial charge in [0.05, 0.1) is 12.1 Å². The lowest BCUT2D eigenvalue weighted by Crippen LogP contribution is -2.47. The van der Waals surface area contributed by atoms with Crippen LogP contribution in [0.3, 0.4) is 0 Å². The Bertz CT molecular complexity index is 362. The molecule has 1 saturated carbocycles. The van der Waals surface area contributed by atoms with Crippen molar-refractivity contribution in [3.63, 3.8) is 0 Å². The van der Waals surface area contributed by atoms with Gasteiger partial charge < -0.3 is 4.74 Å². The Morgan fingerprint density at radius 1 is 1.50 bits per heavy atom. The number of nitrogens with zero attached hydrogens (tertiary/aromatic N) is 1. The van der Waals surface area contributed by atoms with E-state index in [4.69, 9.17) is 10.6 Å². The number of hydrazine groups is 1. The van der Waals surface area contributed by atoms with Crippen LogP contribution in [0.4, 0.5) is 0 Å². The number of aromatic nitrogens is 1. The number of ether oxygens (including phenoxy) is 1. The summed E-state index contributed by atoms with van der Waals surface area (Å²) in [6.07, 6.45) is 6.48. The summed E-state index contributed by atoms with van der Waals surface area (Å²) >= 11 is 0. The first-order chi connectivity index (χ1) is 8.78. The maximum absolute atomic E-state index is 5.66. The van der Waals surface area contributed by atoms with Crippen LogP contribution in [-0.2, 0) is 17.6 Å². The molecule has 0 saturated heterocycles. The summed E-state index contributed by atoms with van der Waals surface area (Å²) in [7, 11) is 1.76. The quantitative estimate of drug-likeness (QED) is 0.567. The normalized spacial score (nSPS) is 18.6. The van der Waals surface area contributed by atoms with Crippen LogP contribution in [0.5, 0.6) is 0 Å². The van der Waals surface area contributed by atoms with Crippen LogP contribution in [0.2, 0.25) is 0 Å². The molecule has 18 heavy (non-hydrogen) atoms. The smallest absolute Gasteiger partial charge is 0.0769 e. The highest BCUT2D eigenvalue weighted by Gasteiger charge is 2.36. The maximum atomic E-state index is 5.66. The maximum Gasteiger partial charge on any atom is 0.0769 e. The summed E-state index contributed by atoms with van der Waals surface area (Å²) in [4.78, 5) is 4.48. The molecule has 1 heterocycles. The second-order valence-corrected chi connectivity index (χ2v) is 5.03. The summed E-state index contributed by atoms with van der Waals surface area (Å²) < 4.78 is 5.57.